The quantitative estimate of drug-likeness (QED) is 0.870. The third kappa shape index (κ3) is 3.19. The van der Waals surface area contributed by atoms with Gasteiger partial charge in [0.05, 0.1) is 6.10 Å². The average molecular weight is 263 g/mol. The summed E-state index contributed by atoms with van der Waals surface area (Å²) >= 11 is 0. The predicted octanol–water partition coefficient (Wildman–Crippen LogP) is 1.85. The molecule has 2 N–H and O–H groups in total. The first-order valence-electron chi connectivity index (χ1n) is 7.11. The Bertz CT molecular complexity index is 427. The molecular formula is C15H21NO3. The van der Waals surface area contributed by atoms with E-state index in [1.165, 1.54) is 5.56 Å². The Morgan fingerprint density at radius 1 is 1.11 bits per heavy atom. The number of aliphatic hydroxyl groups excluding tert-OH is 1. The molecule has 2 aliphatic rings. The van der Waals surface area contributed by atoms with E-state index in [4.69, 9.17) is 9.47 Å². The molecule has 1 aromatic carbocycles. The molecule has 1 aromatic rings. The largest absolute Gasteiger partial charge is 0.454 e. The van der Waals surface area contributed by atoms with Crippen LogP contribution >= 0.6 is 0 Å². The zero-order chi connectivity index (χ0) is 13.1. The van der Waals surface area contributed by atoms with E-state index in [-0.39, 0.29) is 6.10 Å². The van der Waals surface area contributed by atoms with E-state index in [1.807, 2.05) is 6.07 Å². The van der Waals surface area contributed by atoms with Crippen LogP contribution in [0.4, 0.5) is 0 Å². The van der Waals surface area contributed by atoms with Gasteiger partial charge >= 0.3 is 0 Å². The average Bonchev–Trinajstić information content (AvgIpc) is 2.88. The van der Waals surface area contributed by atoms with Gasteiger partial charge in [0.2, 0.25) is 6.79 Å². The van der Waals surface area contributed by atoms with E-state index in [0.29, 0.717) is 12.8 Å². The SMILES string of the molecule is OC1CCC(NCCc2ccc3c(c2)OCO3)CC1. The predicted molar refractivity (Wildman–Crippen MR) is 72.5 cm³/mol. The molecule has 19 heavy (non-hydrogen) atoms. The summed E-state index contributed by atoms with van der Waals surface area (Å²) in [5.74, 6) is 1.70. The van der Waals surface area contributed by atoms with E-state index < -0.39 is 0 Å². The highest BCUT2D eigenvalue weighted by Gasteiger charge is 2.18. The number of rotatable bonds is 4. The van der Waals surface area contributed by atoms with Crippen molar-refractivity contribution in [2.24, 2.45) is 0 Å². The Morgan fingerprint density at radius 2 is 1.89 bits per heavy atom. The van der Waals surface area contributed by atoms with Crippen LogP contribution in [0.2, 0.25) is 0 Å². The second-order valence-corrected chi connectivity index (χ2v) is 5.40. The molecule has 0 radical (unpaired) electrons. The summed E-state index contributed by atoms with van der Waals surface area (Å²) in [5.41, 5.74) is 1.27. The van der Waals surface area contributed by atoms with Crippen LogP contribution in [0.1, 0.15) is 31.2 Å². The summed E-state index contributed by atoms with van der Waals surface area (Å²) in [5, 5.41) is 13.0. The second kappa shape index (κ2) is 5.80. The summed E-state index contributed by atoms with van der Waals surface area (Å²) < 4.78 is 10.7. The minimum Gasteiger partial charge on any atom is -0.454 e. The maximum Gasteiger partial charge on any atom is 0.231 e. The van der Waals surface area contributed by atoms with Crippen LogP contribution in [-0.2, 0) is 6.42 Å². The summed E-state index contributed by atoms with van der Waals surface area (Å²) in [6, 6.07) is 6.71. The normalized spacial score (nSPS) is 25.5. The topological polar surface area (TPSA) is 50.7 Å². The zero-order valence-electron chi connectivity index (χ0n) is 11.1. The number of aliphatic hydroxyl groups is 1. The Morgan fingerprint density at radius 3 is 2.74 bits per heavy atom. The Labute approximate surface area is 113 Å². The molecule has 104 valence electrons. The van der Waals surface area contributed by atoms with Crippen LogP contribution in [0.3, 0.4) is 0 Å². The molecule has 0 saturated heterocycles. The number of hydrogen-bond donors (Lipinski definition) is 2. The lowest BCUT2D eigenvalue weighted by atomic mass is 9.93. The minimum absolute atomic E-state index is 0.0769. The highest BCUT2D eigenvalue weighted by Crippen LogP contribution is 2.32. The number of ether oxygens (including phenoxy) is 2. The smallest absolute Gasteiger partial charge is 0.231 e. The summed E-state index contributed by atoms with van der Waals surface area (Å²) in [6.45, 7) is 1.31. The van der Waals surface area contributed by atoms with Crippen molar-refractivity contribution in [2.45, 2.75) is 44.2 Å². The molecule has 0 atom stereocenters. The molecular weight excluding hydrogens is 242 g/mol. The van der Waals surface area contributed by atoms with Crippen molar-refractivity contribution in [3.05, 3.63) is 23.8 Å². The zero-order valence-corrected chi connectivity index (χ0v) is 11.1. The Hall–Kier alpha value is -1.26. The third-order valence-electron chi connectivity index (χ3n) is 3.98. The molecule has 0 aromatic heterocycles. The Kier molecular flexibility index (Phi) is 3.89. The molecule has 1 heterocycles. The van der Waals surface area contributed by atoms with E-state index in [2.05, 4.69) is 17.4 Å². The fourth-order valence-corrected chi connectivity index (χ4v) is 2.80. The van der Waals surface area contributed by atoms with Gasteiger partial charge in [0, 0.05) is 6.04 Å². The van der Waals surface area contributed by atoms with Crippen LogP contribution in [-0.4, -0.2) is 30.6 Å². The van der Waals surface area contributed by atoms with Crippen molar-refractivity contribution in [3.63, 3.8) is 0 Å². The van der Waals surface area contributed by atoms with Crippen LogP contribution in [0.15, 0.2) is 18.2 Å². The van der Waals surface area contributed by atoms with Crippen LogP contribution < -0.4 is 14.8 Å². The van der Waals surface area contributed by atoms with Crippen molar-refractivity contribution in [2.75, 3.05) is 13.3 Å². The molecule has 0 amide bonds. The molecule has 0 bridgehead atoms. The standard InChI is InChI=1S/C15H21NO3/c17-13-4-2-12(3-5-13)16-8-7-11-1-6-14-15(9-11)19-10-18-14/h1,6,9,12-13,16-17H,2-5,7-8,10H2. The van der Waals surface area contributed by atoms with Gasteiger partial charge in [0.15, 0.2) is 11.5 Å². The summed E-state index contributed by atoms with van der Waals surface area (Å²) in [4.78, 5) is 0. The monoisotopic (exact) mass is 263 g/mol. The number of hydrogen-bond acceptors (Lipinski definition) is 4. The molecule has 3 rings (SSSR count). The van der Waals surface area contributed by atoms with E-state index >= 15 is 0 Å². The van der Waals surface area contributed by atoms with Gasteiger partial charge in [-0.1, -0.05) is 6.07 Å². The van der Waals surface area contributed by atoms with Crippen LogP contribution in [0.5, 0.6) is 11.5 Å². The molecule has 1 aliphatic heterocycles. The summed E-state index contributed by atoms with van der Waals surface area (Å²) in [6.07, 6.45) is 4.95. The maximum absolute atomic E-state index is 9.47. The molecule has 1 fully saturated rings. The van der Waals surface area contributed by atoms with Gasteiger partial charge in [-0.3, -0.25) is 0 Å². The van der Waals surface area contributed by atoms with Crippen LogP contribution in [0.25, 0.3) is 0 Å². The van der Waals surface area contributed by atoms with Gasteiger partial charge in [-0.05, 0) is 56.3 Å². The van der Waals surface area contributed by atoms with Crippen molar-refractivity contribution in [1.82, 2.24) is 5.32 Å². The lowest BCUT2D eigenvalue weighted by molar-refractivity contribution is 0.117. The highest BCUT2D eigenvalue weighted by molar-refractivity contribution is 5.44. The third-order valence-corrected chi connectivity index (χ3v) is 3.98. The molecule has 1 saturated carbocycles. The van der Waals surface area contributed by atoms with Gasteiger partial charge < -0.3 is 19.9 Å². The first-order chi connectivity index (χ1) is 9.31. The minimum atomic E-state index is -0.0769. The van der Waals surface area contributed by atoms with E-state index in [0.717, 1.165) is 50.1 Å². The van der Waals surface area contributed by atoms with Gasteiger partial charge in [-0.25, -0.2) is 0 Å². The van der Waals surface area contributed by atoms with E-state index in [1.54, 1.807) is 0 Å². The Balaban J connectivity index is 1.45. The first-order valence-corrected chi connectivity index (χ1v) is 7.11. The second-order valence-electron chi connectivity index (χ2n) is 5.40. The maximum atomic E-state index is 9.47. The molecule has 0 unspecified atom stereocenters. The molecule has 0 spiro atoms. The van der Waals surface area contributed by atoms with Crippen molar-refractivity contribution in [1.29, 1.82) is 0 Å². The van der Waals surface area contributed by atoms with Gasteiger partial charge in [-0.15, -0.1) is 0 Å². The fraction of sp³-hybridized carbons (Fsp3) is 0.600. The summed E-state index contributed by atoms with van der Waals surface area (Å²) in [7, 11) is 0. The lowest BCUT2D eigenvalue weighted by Crippen LogP contribution is -2.35. The molecule has 1 aliphatic carbocycles. The number of nitrogens with one attached hydrogen (secondary N) is 1. The van der Waals surface area contributed by atoms with Crippen molar-refractivity contribution < 1.29 is 14.6 Å². The van der Waals surface area contributed by atoms with E-state index in [9.17, 15) is 5.11 Å². The lowest BCUT2D eigenvalue weighted by Gasteiger charge is -2.26. The van der Waals surface area contributed by atoms with Crippen molar-refractivity contribution >= 4 is 0 Å². The van der Waals surface area contributed by atoms with Crippen LogP contribution in [0, 0.1) is 0 Å². The van der Waals surface area contributed by atoms with Gasteiger partial charge in [0.25, 0.3) is 0 Å². The first kappa shape index (κ1) is 12.8. The number of fused-ring (bicyclic) bond motifs is 1. The van der Waals surface area contributed by atoms with Gasteiger partial charge in [0.1, 0.15) is 0 Å². The fourth-order valence-electron chi connectivity index (χ4n) is 2.80. The van der Waals surface area contributed by atoms with Gasteiger partial charge in [-0.2, -0.15) is 0 Å². The van der Waals surface area contributed by atoms with Crippen molar-refractivity contribution in [3.8, 4) is 11.5 Å². The molecule has 4 nitrogen and oxygen atoms in total. The highest BCUT2D eigenvalue weighted by atomic mass is 16.7. The number of benzene rings is 1. The molecule has 4 heteroatoms.